The van der Waals surface area contributed by atoms with Gasteiger partial charge in [0.15, 0.2) is 6.10 Å². The number of hydrogen-bond acceptors (Lipinski definition) is 5. The van der Waals surface area contributed by atoms with E-state index in [0.29, 0.717) is 18.8 Å². The van der Waals surface area contributed by atoms with Gasteiger partial charge in [-0.1, -0.05) is 12.1 Å². The highest BCUT2D eigenvalue weighted by atomic mass is 16.5. The third kappa shape index (κ3) is 4.12. The molecule has 2 rings (SSSR count). The average Bonchev–Trinajstić information content (AvgIpc) is 2.58. The van der Waals surface area contributed by atoms with Crippen molar-refractivity contribution in [3.05, 3.63) is 24.3 Å². The molecule has 4 amide bonds. The minimum Gasteiger partial charge on any atom is -0.477 e. The molecule has 0 radical (unpaired) electrons. The number of carbonyl (C=O) groups excluding carboxylic acids is 3. The molecule has 1 unspecified atom stereocenters. The van der Waals surface area contributed by atoms with Gasteiger partial charge in [-0.25, -0.2) is 4.79 Å². The van der Waals surface area contributed by atoms with Gasteiger partial charge < -0.3 is 20.3 Å². The predicted octanol–water partition coefficient (Wildman–Crippen LogP) is -0.154. The largest absolute Gasteiger partial charge is 0.477 e. The number of anilines is 1. The van der Waals surface area contributed by atoms with Gasteiger partial charge in [-0.15, -0.1) is 0 Å². The normalized spacial score (nSPS) is 15.9. The monoisotopic (exact) mass is 320 g/mol. The number of likely N-dealkylation sites (N-methyl/N-ethyl adjacent to an activating group) is 1. The summed E-state index contributed by atoms with van der Waals surface area (Å²) in [6.07, 6.45) is -0.515. The Hall–Kier alpha value is -2.77. The van der Waals surface area contributed by atoms with Crippen LogP contribution in [0.15, 0.2) is 24.3 Å². The van der Waals surface area contributed by atoms with Gasteiger partial charge >= 0.3 is 6.03 Å². The zero-order valence-electron chi connectivity index (χ0n) is 13.1. The Morgan fingerprint density at radius 2 is 1.96 bits per heavy atom. The van der Waals surface area contributed by atoms with Crippen LogP contribution >= 0.6 is 0 Å². The first-order valence-electron chi connectivity index (χ1n) is 7.29. The van der Waals surface area contributed by atoms with Gasteiger partial charge in [-0.2, -0.15) is 0 Å². The van der Waals surface area contributed by atoms with Gasteiger partial charge in [-0.05, 0) is 12.1 Å². The molecular formula is C15H20N4O4. The minimum atomic E-state index is -0.642. The number of rotatable bonds is 4. The fourth-order valence-corrected chi connectivity index (χ4v) is 2.30. The van der Waals surface area contributed by atoms with Crippen LogP contribution in [0.2, 0.25) is 0 Å². The molecule has 0 fully saturated rings. The number of ether oxygens (including phenoxy) is 1. The third-order valence-corrected chi connectivity index (χ3v) is 3.49. The molecule has 0 bridgehead atoms. The van der Waals surface area contributed by atoms with E-state index in [1.165, 1.54) is 7.05 Å². The van der Waals surface area contributed by atoms with Crippen molar-refractivity contribution in [2.75, 3.05) is 32.1 Å². The summed E-state index contributed by atoms with van der Waals surface area (Å²) in [7, 11) is 2.99. The number of nitrogens with zero attached hydrogens (tertiary/aromatic N) is 1. The average molecular weight is 320 g/mol. The maximum Gasteiger partial charge on any atom is 0.321 e. The smallest absolute Gasteiger partial charge is 0.321 e. The highest BCUT2D eigenvalue weighted by Crippen LogP contribution is 2.33. The van der Waals surface area contributed by atoms with E-state index in [1.54, 1.807) is 13.1 Å². The van der Waals surface area contributed by atoms with Crippen molar-refractivity contribution in [2.45, 2.75) is 12.5 Å². The van der Waals surface area contributed by atoms with Crippen LogP contribution in [0.4, 0.5) is 10.5 Å². The fraction of sp³-hybridized carbons (Fsp3) is 0.400. The Bertz CT molecular complexity index is 605. The van der Waals surface area contributed by atoms with Crippen LogP contribution in [0.25, 0.3) is 0 Å². The molecule has 124 valence electrons. The molecule has 1 aromatic rings. The van der Waals surface area contributed by atoms with Gasteiger partial charge in [0.1, 0.15) is 5.75 Å². The molecule has 1 aliphatic heterocycles. The summed E-state index contributed by atoms with van der Waals surface area (Å²) in [6.45, 7) is 0.709. The number of fused-ring (bicyclic) bond motifs is 1. The highest BCUT2D eigenvalue weighted by Gasteiger charge is 2.30. The van der Waals surface area contributed by atoms with Gasteiger partial charge in [0.2, 0.25) is 5.91 Å². The number of nitrogens with one attached hydrogen (secondary N) is 3. The number of para-hydroxylation sites is 2. The summed E-state index contributed by atoms with van der Waals surface area (Å²) in [5, 5.41) is 7.10. The molecule has 23 heavy (non-hydrogen) atoms. The lowest BCUT2D eigenvalue weighted by Crippen LogP contribution is -2.49. The standard InChI is InChI=1S/C15H20N4O4/c1-16-14(21)12-9-19(8-7-13(20)18-15(22)17-2)10-5-3-4-6-11(10)23-12/h3-6,12H,7-9H2,1-2H3,(H,16,21)(H2,17,18,20,22). The lowest BCUT2D eigenvalue weighted by molar-refractivity contribution is -0.127. The lowest BCUT2D eigenvalue weighted by atomic mass is 10.1. The summed E-state index contributed by atoms with van der Waals surface area (Å²) in [6, 6.07) is 6.79. The number of amides is 4. The van der Waals surface area contributed by atoms with Crippen LogP contribution < -0.4 is 25.6 Å². The molecule has 3 N–H and O–H groups in total. The van der Waals surface area contributed by atoms with E-state index >= 15 is 0 Å². The van der Waals surface area contributed by atoms with Crippen molar-refractivity contribution in [3.63, 3.8) is 0 Å². The second-order valence-corrected chi connectivity index (χ2v) is 5.01. The van der Waals surface area contributed by atoms with E-state index in [0.717, 1.165) is 5.69 Å². The predicted molar refractivity (Wildman–Crippen MR) is 84.4 cm³/mol. The second-order valence-electron chi connectivity index (χ2n) is 5.01. The van der Waals surface area contributed by atoms with Crippen LogP contribution in [0.5, 0.6) is 5.75 Å². The van der Waals surface area contributed by atoms with Crippen LogP contribution in [0.3, 0.4) is 0 Å². The van der Waals surface area contributed by atoms with Crippen molar-refractivity contribution in [1.29, 1.82) is 0 Å². The van der Waals surface area contributed by atoms with Gasteiger partial charge in [0, 0.05) is 27.1 Å². The number of carbonyl (C=O) groups is 3. The summed E-state index contributed by atoms with van der Waals surface area (Å²) in [5.41, 5.74) is 0.820. The Morgan fingerprint density at radius 1 is 1.22 bits per heavy atom. The van der Waals surface area contributed by atoms with E-state index in [1.807, 2.05) is 23.1 Å². The van der Waals surface area contributed by atoms with Crippen LogP contribution in [-0.4, -0.2) is 51.1 Å². The van der Waals surface area contributed by atoms with Gasteiger partial charge in [-0.3, -0.25) is 14.9 Å². The topological polar surface area (TPSA) is 99.8 Å². The molecular weight excluding hydrogens is 300 g/mol. The van der Waals surface area contributed by atoms with E-state index in [2.05, 4.69) is 16.0 Å². The summed E-state index contributed by atoms with van der Waals surface area (Å²) < 4.78 is 5.69. The molecule has 0 spiro atoms. The SMILES string of the molecule is CNC(=O)NC(=O)CCN1CC(C(=O)NC)Oc2ccccc21. The first-order valence-corrected chi connectivity index (χ1v) is 7.29. The van der Waals surface area contributed by atoms with Crippen molar-refractivity contribution >= 4 is 23.5 Å². The zero-order chi connectivity index (χ0) is 16.8. The molecule has 0 saturated heterocycles. The molecule has 8 nitrogen and oxygen atoms in total. The number of imide groups is 1. The number of benzene rings is 1. The fourth-order valence-electron chi connectivity index (χ4n) is 2.30. The minimum absolute atomic E-state index is 0.127. The third-order valence-electron chi connectivity index (χ3n) is 3.49. The Balaban J connectivity index is 2.06. The summed E-state index contributed by atoms with van der Waals surface area (Å²) in [5.74, 6) is -0.0109. The molecule has 1 atom stereocenters. The van der Waals surface area contributed by atoms with Crippen molar-refractivity contribution in [2.24, 2.45) is 0 Å². The Kier molecular flexibility index (Phi) is 5.40. The second kappa shape index (κ2) is 7.48. The lowest BCUT2D eigenvalue weighted by Gasteiger charge is -2.35. The first-order chi connectivity index (χ1) is 11.0. The van der Waals surface area contributed by atoms with E-state index in [-0.39, 0.29) is 18.2 Å². The number of urea groups is 1. The van der Waals surface area contributed by atoms with E-state index < -0.39 is 12.1 Å². The quantitative estimate of drug-likeness (QED) is 0.716. The van der Waals surface area contributed by atoms with E-state index in [9.17, 15) is 14.4 Å². The first kappa shape index (κ1) is 16.6. The van der Waals surface area contributed by atoms with Gasteiger partial charge in [0.25, 0.3) is 5.91 Å². The summed E-state index contributed by atoms with van der Waals surface area (Å²) in [4.78, 5) is 36.6. The maximum atomic E-state index is 11.8. The highest BCUT2D eigenvalue weighted by molar-refractivity contribution is 5.94. The number of hydrogen-bond donors (Lipinski definition) is 3. The zero-order valence-corrected chi connectivity index (χ0v) is 13.1. The van der Waals surface area contributed by atoms with Gasteiger partial charge in [0.05, 0.1) is 12.2 Å². The van der Waals surface area contributed by atoms with Crippen molar-refractivity contribution in [3.8, 4) is 5.75 Å². The van der Waals surface area contributed by atoms with E-state index in [4.69, 9.17) is 4.74 Å². The van der Waals surface area contributed by atoms with Crippen LogP contribution in [-0.2, 0) is 9.59 Å². The van der Waals surface area contributed by atoms with Crippen molar-refractivity contribution < 1.29 is 19.1 Å². The molecule has 8 heteroatoms. The summed E-state index contributed by atoms with van der Waals surface area (Å²) >= 11 is 0. The van der Waals surface area contributed by atoms with Crippen LogP contribution in [0.1, 0.15) is 6.42 Å². The molecule has 1 aromatic carbocycles. The molecule has 1 heterocycles. The van der Waals surface area contributed by atoms with Crippen LogP contribution in [0, 0.1) is 0 Å². The Morgan fingerprint density at radius 3 is 2.65 bits per heavy atom. The molecule has 0 aromatic heterocycles. The molecule has 1 aliphatic rings. The van der Waals surface area contributed by atoms with Crippen molar-refractivity contribution in [1.82, 2.24) is 16.0 Å². The molecule has 0 saturated carbocycles. The Labute approximate surface area is 134 Å². The molecule has 0 aliphatic carbocycles. The maximum absolute atomic E-state index is 11.8.